The van der Waals surface area contributed by atoms with E-state index in [1.807, 2.05) is 0 Å². The van der Waals surface area contributed by atoms with Gasteiger partial charge in [0.25, 0.3) is 0 Å². The molecule has 4 saturated carbocycles. The van der Waals surface area contributed by atoms with Crippen LogP contribution in [0.1, 0.15) is 58.8 Å². The van der Waals surface area contributed by atoms with Crippen LogP contribution in [0.3, 0.4) is 0 Å². The monoisotopic (exact) mass is 320 g/mol. The number of aliphatic hydroxyl groups is 2. The molecule has 23 heavy (non-hydrogen) atoms. The van der Waals surface area contributed by atoms with Crippen molar-refractivity contribution in [2.45, 2.75) is 82.7 Å². The third-order valence-corrected chi connectivity index (χ3v) is 8.81. The SMILES string of the molecule is CC12CCC3C(C(O)C4OC45CC(O)CCC35C)C1CCC2=O. The molecule has 5 aliphatic rings. The summed E-state index contributed by atoms with van der Waals surface area (Å²) < 4.78 is 6.16. The number of carbonyl (C=O) groups is 1. The van der Waals surface area contributed by atoms with Crippen molar-refractivity contribution in [2.75, 3.05) is 0 Å². The van der Waals surface area contributed by atoms with Crippen LogP contribution in [-0.2, 0) is 9.53 Å². The highest BCUT2D eigenvalue weighted by Crippen LogP contribution is 2.72. The van der Waals surface area contributed by atoms with Crippen molar-refractivity contribution in [1.82, 2.24) is 0 Å². The van der Waals surface area contributed by atoms with Crippen molar-refractivity contribution >= 4 is 5.78 Å². The van der Waals surface area contributed by atoms with E-state index in [9.17, 15) is 15.0 Å². The lowest BCUT2D eigenvalue weighted by Crippen LogP contribution is -2.63. The van der Waals surface area contributed by atoms with Crippen molar-refractivity contribution in [3.63, 3.8) is 0 Å². The maximum atomic E-state index is 12.5. The van der Waals surface area contributed by atoms with Gasteiger partial charge in [0.15, 0.2) is 0 Å². The summed E-state index contributed by atoms with van der Waals surface area (Å²) in [6.45, 7) is 4.47. The number of hydrogen-bond donors (Lipinski definition) is 2. The Morgan fingerprint density at radius 3 is 2.65 bits per heavy atom. The van der Waals surface area contributed by atoms with Crippen LogP contribution in [0, 0.1) is 28.6 Å². The van der Waals surface area contributed by atoms with Crippen LogP contribution in [0.2, 0.25) is 0 Å². The zero-order valence-corrected chi connectivity index (χ0v) is 14.1. The summed E-state index contributed by atoms with van der Waals surface area (Å²) in [4.78, 5) is 12.5. The maximum Gasteiger partial charge on any atom is 0.139 e. The molecule has 1 spiro atoms. The first-order valence-corrected chi connectivity index (χ1v) is 9.41. The maximum absolute atomic E-state index is 12.5. The number of Topliss-reactive ketones (excluding diaryl/α,β-unsaturated/α-hetero) is 1. The summed E-state index contributed by atoms with van der Waals surface area (Å²) >= 11 is 0. The van der Waals surface area contributed by atoms with Crippen molar-refractivity contribution in [1.29, 1.82) is 0 Å². The van der Waals surface area contributed by atoms with E-state index in [-0.39, 0.29) is 34.6 Å². The highest BCUT2D eigenvalue weighted by atomic mass is 16.6. The summed E-state index contributed by atoms with van der Waals surface area (Å²) in [5.74, 6) is 1.34. The Labute approximate surface area is 137 Å². The lowest BCUT2D eigenvalue weighted by atomic mass is 9.44. The molecule has 5 fully saturated rings. The van der Waals surface area contributed by atoms with Crippen LogP contribution >= 0.6 is 0 Å². The zero-order chi connectivity index (χ0) is 16.2. The molecule has 9 atom stereocenters. The fourth-order valence-corrected chi connectivity index (χ4v) is 7.41. The Hall–Kier alpha value is -0.450. The molecule has 1 aliphatic heterocycles. The minimum Gasteiger partial charge on any atom is -0.393 e. The number of ketones is 1. The molecule has 1 heterocycles. The Bertz CT molecular complexity index is 576. The van der Waals surface area contributed by atoms with Gasteiger partial charge in [0, 0.05) is 23.7 Å². The fourth-order valence-electron chi connectivity index (χ4n) is 7.41. The van der Waals surface area contributed by atoms with Gasteiger partial charge in [-0.2, -0.15) is 0 Å². The van der Waals surface area contributed by atoms with E-state index in [1.54, 1.807) is 0 Å². The molecule has 4 nitrogen and oxygen atoms in total. The van der Waals surface area contributed by atoms with Gasteiger partial charge in [-0.3, -0.25) is 4.79 Å². The third kappa shape index (κ3) is 1.52. The minimum atomic E-state index is -0.464. The van der Waals surface area contributed by atoms with E-state index in [2.05, 4.69) is 13.8 Å². The van der Waals surface area contributed by atoms with E-state index < -0.39 is 6.10 Å². The largest absolute Gasteiger partial charge is 0.393 e. The van der Waals surface area contributed by atoms with Crippen LogP contribution in [0.4, 0.5) is 0 Å². The van der Waals surface area contributed by atoms with Crippen LogP contribution in [0.15, 0.2) is 0 Å². The lowest BCUT2D eigenvalue weighted by molar-refractivity contribution is -0.153. The van der Waals surface area contributed by atoms with Crippen LogP contribution in [-0.4, -0.2) is 39.9 Å². The molecule has 5 rings (SSSR count). The molecule has 0 radical (unpaired) electrons. The van der Waals surface area contributed by atoms with Gasteiger partial charge in [-0.25, -0.2) is 0 Å². The van der Waals surface area contributed by atoms with Crippen LogP contribution in [0.5, 0.6) is 0 Å². The van der Waals surface area contributed by atoms with Gasteiger partial charge in [0.05, 0.1) is 12.2 Å². The Morgan fingerprint density at radius 1 is 1.09 bits per heavy atom. The summed E-state index contributed by atoms with van der Waals surface area (Å²) in [7, 11) is 0. The van der Waals surface area contributed by atoms with E-state index in [1.165, 1.54) is 0 Å². The predicted octanol–water partition coefficient (Wildman–Crippen LogP) is 2.06. The molecule has 4 heteroatoms. The van der Waals surface area contributed by atoms with Crippen molar-refractivity contribution < 1.29 is 19.7 Å². The molecule has 0 bridgehead atoms. The standard InChI is InChI=1S/C19H28O4/c1-17-7-6-12-14(11(17)3-4-13(17)21)15(22)16-19(23-16)9-10(20)5-8-18(12,19)2/h10-12,14-16,20,22H,3-9H2,1-2H3. The Morgan fingerprint density at radius 2 is 1.87 bits per heavy atom. The number of carbonyl (C=O) groups excluding carboxylic acids is 1. The molecule has 1 saturated heterocycles. The summed E-state index contributed by atoms with van der Waals surface area (Å²) in [6.07, 6.45) is 5.22. The zero-order valence-electron chi connectivity index (χ0n) is 14.1. The second kappa shape index (κ2) is 4.20. The van der Waals surface area contributed by atoms with Crippen molar-refractivity contribution in [2.24, 2.45) is 28.6 Å². The molecular formula is C19H28O4. The van der Waals surface area contributed by atoms with E-state index in [0.717, 1.165) is 32.1 Å². The van der Waals surface area contributed by atoms with Gasteiger partial charge in [0.2, 0.25) is 0 Å². The average Bonchev–Trinajstić information content (AvgIpc) is 3.16. The van der Waals surface area contributed by atoms with Crippen molar-refractivity contribution in [3.05, 3.63) is 0 Å². The van der Waals surface area contributed by atoms with Gasteiger partial charge in [0.1, 0.15) is 17.5 Å². The van der Waals surface area contributed by atoms with E-state index in [4.69, 9.17) is 4.74 Å². The first-order chi connectivity index (χ1) is 10.8. The van der Waals surface area contributed by atoms with Gasteiger partial charge >= 0.3 is 0 Å². The third-order valence-electron chi connectivity index (χ3n) is 8.81. The molecule has 2 N–H and O–H groups in total. The predicted molar refractivity (Wildman–Crippen MR) is 83.6 cm³/mol. The summed E-state index contributed by atoms with van der Waals surface area (Å²) in [5, 5.41) is 21.2. The summed E-state index contributed by atoms with van der Waals surface area (Å²) in [6, 6.07) is 0. The van der Waals surface area contributed by atoms with Gasteiger partial charge in [-0.1, -0.05) is 13.8 Å². The van der Waals surface area contributed by atoms with E-state index in [0.29, 0.717) is 30.5 Å². The number of hydrogen-bond acceptors (Lipinski definition) is 4. The number of aliphatic hydroxyl groups excluding tert-OH is 2. The molecule has 0 aromatic heterocycles. The summed E-state index contributed by atoms with van der Waals surface area (Å²) in [5.41, 5.74) is -0.475. The second-order valence-corrected chi connectivity index (χ2v) is 9.44. The molecule has 128 valence electrons. The number of rotatable bonds is 0. The fraction of sp³-hybridized carbons (Fsp3) is 0.947. The number of ether oxygens (including phenoxy) is 1. The van der Waals surface area contributed by atoms with Gasteiger partial charge < -0.3 is 14.9 Å². The quantitative estimate of drug-likeness (QED) is 0.670. The average molecular weight is 320 g/mol. The van der Waals surface area contributed by atoms with Crippen LogP contribution < -0.4 is 0 Å². The number of fused-ring (bicyclic) bond motifs is 4. The highest BCUT2D eigenvalue weighted by molar-refractivity contribution is 5.87. The van der Waals surface area contributed by atoms with Crippen molar-refractivity contribution in [3.8, 4) is 0 Å². The van der Waals surface area contributed by atoms with Crippen LogP contribution in [0.25, 0.3) is 0 Å². The molecular weight excluding hydrogens is 292 g/mol. The second-order valence-electron chi connectivity index (χ2n) is 9.44. The van der Waals surface area contributed by atoms with Gasteiger partial charge in [-0.05, 0) is 49.9 Å². The molecule has 0 aromatic carbocycles. The lowest BCUT2D eigenvalue weighted by Gasteiger charge is -2.59. The first kappa shape index (κ1) is 14.9. The molecule has 0 aromatic rings. The molecule has 0 amide bonds. The number of epoxide rings is 1. The molecule has 4 aliphatic carbocycles. The topological polar surface area (TPSA) is 70.1 Å². The molecule has 9 unspecified atom stereocenters. The highest BCUT2D eigenvalue weighted by Gasteiger charge is 2.79. The Kier molecular flexibility index (Phi) is 2.71. The van der Waals surface area contributed by atoms with Gasteiger partial charge in [-0.15, -0.1) is 0 Å². The Balaban J connectivity index is 1.57. The minimum absolute atomic E-state index is 0.0494. The normalized spacial score (nSPS) is 63.7. The first-order valence-electron chi connectivity index (χ1n) is 9.41. The smallest absolute Gasteiger partial charge is 0.139 e. The van der Waals surface area contributed by atoms with E-state index >= 15 is 0 Å².